The topological polar surface area (TPSA) is 46.5 Å². The van der Waals surface area contributed by atoms with Crippen molar-refractivity contribution in [2.75, 3.05) is 6.61 Å². The van der Waals surface area contributed by atoms with Gasteiger partial charge in [0.05, 0.1) is 12.2 Å². The van der Waals surface area contributed by atoms with Gasteiger partial charge in [0.15, 0.2) is 0 Å². The number of hydrogen-bond donors (Lipinski definition) is 1. The normalized spacial score (nSPS) is 9.67. The van der Waals surface area contributed by atoms with Crippen molar-refractivity contribution in [3.63, 3.8) is 0 Å². The molecule has 3 nitrogen and oxygen atoms in total. The summed E-state index contributed by atoms with van der Waals surface area (Å²) in [4.78, 5) is 11.4. The van der Waals surface area contributed by atoms with E-state index in [1.54, 1.807) is 25.1 Å². The van der Waals surface area contributed by atoms with Crippen LogP contribution in [-0.4, -0.2) is 17.7 Å². The van der Waals surface area contributed by atoms with Crippen molar-refractivity contribution in [3.05, 3.63) is 42.0 Å². The molecule has 0 saturated carbocycles. The van der Waals surface area contributed by atoms with E-state index in [-0.39, 0.29) is 11.7 Å². The predicted molar refractivity (Wildman–Crippen MR) is 58.0 cm³/mol. The van der Waals surface area contributed by atoms with Gasteiger partial charge in [0, 0.05) is 0 Å². The van der Waals surface area contributed by atoms with Crippen LogP contribution in [0.5, 0.6) is 5.75 Å². The smallest absolute Gasteiger partial charge is 0.338 e. The molecule has 15 heavy (non-hydrogen) atoms. The predicted octanol–water partition coefficient (Wildman–Crippen LogP) is 2.30. The monoisotopic (exact) mass is 206 g/mol. The minimum Gasteiger partial charge on any atom is -0.508 e. The molecule has 0 aliphatic rings. The first-order valence-corrected chi connectivity index (χ1v) is 4.79. The second kappa shape index (κ2) is 5.20. The van der Waals surface area contributed by atoms with Gasteiger partial charge in [-0.3, -0.25) is 0 Å². The third kappa shape index (κ3) is 2.84. The van der Waals surface area contributed by atoms with Gasteiger partial charge in [0.2, 0.25) is 0 Å². The first-order valence-electron chi connectivity index (χ1n) is 4.79. The molecule has 1 N–H and O–H groups in total. The molecule has 0 bridgehead atoms. The van der Waals surface area contributed by atoms with E-state index in [9.17, 15) is 9.90 Å². The summed E-state index contributed by atoms with van der Waals surface area (Å²) in [6.07, 6.45) is 2.20. The van der Waals surface area contributed by atoms with Gasteiger partial charge >= 0.3 is 5.97 Å². The van der Waals surface area contributed by atoms with E-state index in [0.29, 0.717) is 24.2 Å². The van der Waals surface area contributed by atoms with E-state index < -0.39 is 0 Å². The van der Waals surface area contributed by atoms with Crippen molar-refractivity contribution >= 4 is 5.97 Å². The maximum absolute atomic E-state index is 11.4. The number of allylic oxidation sites excluding steroid dienone is 1. The lowest BCUT2D eigenvalue weighted by Gasteiger charge is -2.05. The Bertz CT molecular complexity index is 369. The Morgan fingerprint density at radius 2 is 2.33 bits per heavy atom. The number of carbonyl (C=O) groups is 1. The van der Waals surface area contributed by atoms with E-state index in [0.717, 1.165) is 0 Å². The van der Waals surface area contributed by atoms with Crippen LogP contribution >= 0.6 is 0 Å². The van der Waals surface area contributed by atoms with Crippen LogP contribution in [0.2, 0.25) is 0 Å². The fraction of sp³-hybridized carbons (Fsp3) is 0.250. The number of carbonyl (C=O) groups excluding carboxylic acids is 1. The van der Waals surface area contributed by atoms with Gasteiger partial charge in [0.1, 0.15) is 5.75 Å². The molecular formula is C12H14O3. The summed E-state index contributed by atoms with van der Waals surface area (Å²) >= 11 is 0. The second-order valence-electron chi connectivity index (χ2n) is 3.06. The lowest BCUT2D eigenvalue weighted by Crippen LogP contribution is -2.04. The molecule has 1 aromatic rings. The van der Waals surface area contributed by atoms with E-state index in [4.69, 9.17) is 4.74 Å². The third-order valence-electron chi connectivity index (χ3n) is 1.95. The number of aromatic hydroxyl groups is 1. The highest BCUT2D eigenvalue weighted by Gasteiger charge is 2.08. The van der Waals surface area contributed by atoms with E-state index in [1.807, 2.05) is 0 Å². The minimum atomic E-state index is -0.372. The Morgan fingerprint density at radius 1 is 1.60 bits per heavy atom. The standard InChI is InChI=1S/C12H14O3/c1-3-5-9-8-10(6-7-11(9)13)12(14)15-4-2/h3,6-8,13H,1,4-5H2,2H3. The Hall–Kier alpha value is -1.77. The average Bonchev–Trinajstić information content (AvgIpc) is 2.22. The molecule has 0 fully saturated rings. The molecule has 0 radical (unpaired) electrons. The Labute approximate surface area is 89.0 Å². The van der Waals surface area contributed by atoms with Gasteiger partial charge in [0.25, 0.3) is 0 Å². The zero-order chi connectivity index (χ0) is 11.3. The van der Waals surface area contributed by atoms with Crippen molar-refractivity contribution in [1.29, 1.82) is 0 Å². The number of hydrogen-bond acceptors (Lipinski definition) is 3. The van der Waals surface area contributed by atoms with Gasteiger partial charge in [-0.15, -0.1) is 6.58 Å². The quantitative estimate of drug-likeness (QED) is 0.607. The molecule has 3 heteroatoms. The van der Waals surface area contributed by atoms with Gasteiger partial charge in [-0.2, -0.15) is 0 Å². The zero-order valence-electron chi connectivity index (χ0n) is 8.69. The number of esters is 1. The van der Waals surface area contributed by atoms with Crippen LogP contribution in [0.25, 0.3) is 0 Å². The summed E-state index contributed by atoms with van der Waals surface area (Å²) in [6, 6.07) is 4.65. The summed E-state index contributed by atoms with van der Waals surface area (Å²) in [6.45, 7) is 5.68. The SMILES string of the molecule is C=CCc1cc(C(=O)OCC)ccc1O. The van der Waals surface area contributed by atoms with Crippen molar-refractivity contribution in [2.24, 2.45) is 0 Å². The van der Waals surface area contributed by atoms with Crippen LogP contribution in [0.15, 0.2) is 30.9 Å². The first-order chi connectivity index (χ1) is 7.19. The van der Waals surface area contributed by atoms with Gasteiger partial charge in [-0.1, -0.05) is 6.08 Å². The second-order valence-corrected chi connectivity index (χ2v) is 3.06. The highest BCUT2D eigenvalue weighted by Crippen LogP contribution is 2.19. The molecule has 1 aromatic carbocycles. The van der Waals surface area contributed by atoms with E-state index >= 15 is 0 Å². The number of phenolic OH excluding ortho intramolecular Hbond substituents is 1. The highest BCUT2D eigenvalue weighted by molar-refractivity contribution is 5.89. The van der Waals surface area contributed by atoms with Crippen molar-refractivity contribution in [2.45, 2.75) is 13.3 Å². The van der Waals surface area contributed by atoms with E-state index in [1.165, 1.54) is 6.07 Å². The molecule has 0 atom stereocenters. The number of rotatable bonds is 4. The zero-order valence-corrected chi connectivity index (χ0v) is 8.69. The van der Waals surface area contributed by atoms with Gasteiger partial charge in [-0.25, -0.2) is 4.79 Å². The molecular weight excluding hydrogens is 192 g/mol. The van der Waals surface area contributed by atoms with Crippen LogP contribution < -0.4 is 0 Å². The minimum absolute atomic E-state index is 0.169. The molecule has 0 aliphatic carbocycles. The molecule has 0 unspecified atom stereocenters. The van der Waals surface area contributed by atoms with Crippen LogP contribution in [0.4, 0.5) is 0 Å². The maximum Gasteiger partial charge on any atom is 0.338 e. The molecule has 0 heterocycles. The Kier molecular flexibility index (Phi) is 3.92. The van der Waals surface area contributed by atoms with E-state index in [2.05, 4.69) is 6.58 Å². The average molecular weight is 206 g/mol. The van der Waals surface area contributed by atoms with Crippen molar-refractivity contribution < 1.29 is 14.6 Å². The fourth-order valence-electron chi connectivity index (χ4n) is 1.25. The first kappa shape index (κ1) is 11.3. The van der Waals surface area contributed by atoms with Gasteiger partial charge in [-0.05, 0) is 37.1 Å². The van der Waals surface area contributed by atoms with Crippen LogP contribution in [0.1, 0.15) is 22.8 Å². The Morgan fingerprint density at radius 3 is 2.93 bits per heavy atom. The molecule has 0 saturated heterocycles. The summed E-state index contributed by atoms with van der Waals surface area (Å²) in [5, 5.41) is 9.48. The third-order valence-corrected chi connectivity index (χ3v) is 1.95. The molecule has 0 aromatic heterocycles. The summed E-state index contributed by atoms with van der Waals surface area (Å²) in [5.74, 6) is -0.203. The summed E-state index contributed by atoms with van der Waals surface area (Å²) < 4.78 is 4.85. The number of benzene rings is 1. The summed E-state index contributed by atoms with van der Waals surface area (Å²) in [5.41, 5.74) is 1.13. The van der Waals surface area contributed by atoms with Crippen molar-refractivity contribution in [3.8, 4) is 5.75 Å². The molecule has 80 valence electrons. The van der Waals surface area contributed by atoms with Crippen LogP contribution in [0.3, 0.4) is 0 Å². The Balaban J connectivity index is 2.96. The molecule has 0 amide bonds. The molecule has 0 spiro atoms. The lowest BCUT2D eigenvalue weighted by molar-refractivity contribution is 0.0526. The fourth-order valence-corrected chi connectivity index (χ4v) is 1.25. The summed E-state index contributed by atoms with van der Waals surface area (Å²) in [7, 11) is 0. The van der Waals surface area contributed by atoms with Crippen LogP contribution in [-0.2, 0) is 11.2 Å². The molecule has 0 aliphatic heterocycles. The van der Waals surface area contributed by atoms with Gasteiger partial charge < -0.3 is 9.84 Å². The maximum atomic E-state index is 11.4. The number of ether oxygens (including phenoxy) is 1. The largest absolute Gasteiger partial charge is 0.508 e. The van der Waals surface area contributed by atoms with Crippen LogP contribution in [0, 0.1) is 0 Å². The van der Waals surface area contributed by atoms with Crippen molar-refractivity contribution in [1.82, 2.24) is 0 Å². The highest BCUT2D eigenvalue weighted by atomic mass is 16.5. The number of phenols is 1. The molecule has 1 rings (SSSR count). The lowest BCUT2D eigenvalue weighted by atomic mass is 10.1.